The molecule has 1 atom stereocenters. The highest BCUT2D eigenvalue weighted by Crippen LogP contribution is 2.38. The van der Waals surface area contributed by atoms with Crippen molar-refractivity contribution >= 4 is 23.4 Å². The van der Waals surface area contributed by atoms with Crippen LogP contribution in [0.2, 0.25) is 0 Å². The highest BCUT2D eigenvalue weighted by atomic mass is 32.1. The number of furan rings is 1. The number of esters is 1. The lowest BCUT2D eigenvalue weighted by molar-refractivity contribution is -0.139. The largest absolute Gasteiger partial charge is 0.497 e. The van der Waals surface area contributed by atoms with E-state index < -0.39 is 12.0 Å². The van der Waals surface area contributed by atoms with Crippen LogP contribution in [0.5, 0.6) is 11.5 Å². The monoisotopic (exact) mass is 482 g/mol. The van der Waals surface area contributed by atoms with Gasteiger partial charge in [0.05, 0.1) is 42.9 Å². The first-order valence-corrected chi connectivity index (χ1v) is 11.8. The Hall–Kier alpha value is -3.59. The van der Waals surface area contributed by atoms with Crippen LogP contribution >= 0.6 is 11.3 Å². The van der Waals surface area contributed by atoms with Gasteiger partial charge in [0.15, 0.2) is 4.80 Å². The first kappa shape index (κ1) is 23.6. The molecule has 1 aliphatic rings. The molecular formula is C25H26N2O6S. The lowest BCUT2D eigenvalue weighted by atomic mass is 9.93. The Kier molecular flexibility index (Phi) is 7.02. The fraction of sp³-hybridized carbons (Fsp3) is 0.320. The average Bonchev–Trinajstić information content (AvgIpc) is 3.46. The van der Waals surface area contributed by atoms with Gasteiger partial charge in [-0.15, -0.1) is 0 Å². The standard InChI is InChI=1S/C25H26N2O6S/c1-5-8-18-21(24(29)32-6-2)22(17-13-15(30-3)10-11-19(17)31-4)27-23(28)20(34-25(27)26-18)14-16-9-7-12-33-16/h7,9-14,22H,5-6,8H2,1-4H3/b20-14-/t22-/m1/s1. The molecule has 0 bridgehead atoms. The molecule has 3 heterocycles. The molecule has 34 heavy (non-hydrogen) atoms. The first-order chi connectivity index (χ1) is 16.5. The maximum atomic E-state index is 13.7. The van der Waals surface area contributed by atoms with Crippen LogP contribution in [0.25, 0.3) is 6.08 Å². The molecule has 0 radical (unpaired) electrons. The lowest BCUT2D eigenvalue weighted by Crippen LogP contribution is -2.40. The zero-order valence-corrected chi connectivity index (χ0v) is 20.3. The smallest absolute Gasteiger partial charge is 0.338 e. The summed E-state index contributed by atoms with van der Waals surface area (Å²) in [6, 6.07) is 8.04. The topological polar surface area (TPSA) is 92.3 Å². The van der Waals surface area contributed by atoms with E-state index in [1.165, 1.54) is 15.9 Å². The van der Waals surface area contributed by atoms with Crippen molar-refractivity contribution in [2.75, 3.05) is 20.8 Å². The number of hydrogen-bond acceptors (Lipinski definition) is 8. The Morgan fingerprint density at radius 2 is 2.06 bits per heavy atom. The highest BCUT2D eigenvalue weighted by molar-refractivity contribution is 7.07. The molecule has 3 aromatic rings. The number of hydrogen-bond donors (Lipinski definition) is 0. The van der Waals surface area contributed by atoms with Crippen molar-refractivity contribution in [2.24, 2.45) is 4.99 Å². The summed E-state index contributed by atoms with van der Waals surface area (Å²) in [5, 5.41) is 0. The minimum Gasteiger partial charge on any atom is -0.497 e. The van der Waals surface area contributed by atoms with Gasteiger partial charge in [-0.05, 0) is 43.7 Å². The Morgan fingerprint density at radius 3 is 2.71 bits per heavy atom. The zero-order valence-electron chi connectivity index (χ0n) is 19.5. The fourth-order valence-corrected chi connectivity index (χ4v) is 4.97. The molecule has 0 spiro atoms. The van der Waals surface area contributed by atoms with Gasteiger partial charge in [-0.3, -0.25) is 9.36 Å². The van der Waals surface area contributed by atoms with E-state index in [9.17, 15) is 9.59 Å². The second kappa shape index (κ2) is 10.1. The van der Waals surface area contributed by atoms with E-state index >= 15 is 0 Å². The van der Waals surface area contributed by atoms with Crippen LogP contribution in [0.15, 0.2) is 62.1 Å². The highest BCUT2D eigenvalue weighted by Gasteiger charge is 2.36. The Labute approximate surface area is 200 Å². The van der Waals surface area contributed by atoms with Crippen molar-refractivity contribution < 1.29 is 23.4 Å². The van der Waals surface area contributed by atoms with Gasteiger partial charge in [-0.2, -0.15) is 0 Å². The number of allylic oxidation sites excluding steroid dienone is 1. The van der Waals surface area contributed by atoms with Gasteiger partial charge in [0, 0.05) is 11.6 Å². The van der Waals surface area contributed by atoms with E-state index in [1.807, 2.05) is 6.92 Å². The molecule has 4 rings (SSSR count). The van der Waals surface area contributed by atoms with Crippen LogP contribution in [0.1, 0.15) is 44.1 Å². The molecule has 2 aromatic heterocycles. The maximum absolute atomic E-state index is 13.7. The number of carbonyl (C=O) groups is 1. The van der Waals surface area contributed by atoms with Crippen LogP contribution in [-0.2, 0) is 9.53 Å². The summed E-state index contributed by atoms with van der Waals surface area (Å²) < 4.78 is 23.9. The van der Waals surface area contributed by atoms with E-state index in [2.05, 4.69) is 0 Å². The summed E-state index contributed by atoms with van der Waals surface area (Å²) in [4.78, 5) is 32.2. The molecule has 178 valence electrons. The quantitative estimate of drug-likeness (QED) is 0.458. The van der Waals surface area contributed by atoms with Crippen LogP contribution in [0, 0.1) is 0 Å². The van der Waals surface area contributed by atoms with Gasteiger partial charge in [0.1, 0.15) is 23.3 Å². The molecule has 0 aliphatic carbocycles. The predicted octanol–water partition coefficient (Wildman–Crippen LogP) is 3.19. The Balaban J connectivity index is 2.07. The molecule has 0 saturated carbocycles. The summed E-state index contributed by atoms with van der Waals surface area (Å²) >= 11 is 1.25. The lowest BCUT2D eigenvalue weighted by Gasteiger charge is -2.27. The molecule has 0 saturated heterocycles. The molecule has 0 N–H and O–H groups in total. The van der Waals surface area contributed by atoms with Gasteiger partial charge < -0.3 is 18.6 Å². The first-order valence-electron chi connectivity index (χ1n) is 11.0. The number of thiazole rings is 1. The van der Waals surface area contributed by atoms with Crippen molar-refractivity contribution in [2.45, 2.75) is 32.7 Å². The van der Waals surface area contributed by atoms with Crippen LogP contribution < -0.4 is 24.4 Å². The van der Waals surface area contributed by atoms with E-state index in [1.54, 1.807) is 63.8 Å². The SMILES string of the molecule is CCCC1=C(C(=O)OCC)[C@@H](c2cc(OC)ccc2OC)n2c(s/c(=C\c3ccco3)c2=O)=N1. The zero-order chi connectivity index (χ0) is 24.2. The van der Waals surface area contributed by atoms with Gasteiger partial charge in [-0.1, -0.05) is 24.7 Å². The van der Waals surface area contributed by atoms with E-state index in [0.717, 1.165) is 6.42 Å². The summed E-state index contributed by atoms with van der Waals surface area (Å²) in [6.45, 7) is 3.96. The summed E-state index contributed by atoms with van der Waals surface area (Å²) in [6.07, 6.45) is 4.55. The van der Waals surface area contributed by atoms with Gasteiger partial charge in [0.25, 0.3) is 5.56 Å². The number of aromatic nitrogens is 1. The second-order valence-corrected chi connectivity index (χ2v) is 8.55. The van der Waals surface area contributed by atoms with E-state index in [0.29, 0.717) is 49.8 Å². The van der Waals surface area contributed by atoms with Gasteiger partial charge in [-0.25, -0.2) is 9.79 Å². The number of fused-ring (bicyclic) bond motifs is 1. The molecule has 0 fully saturated rings. The molecule has 1 aromatic carbocycles. The molecule has 8 nitrogen and oxygen atoms in total. The van der Waals surface area contributed by atoms with Gasteiger partial charge >= 0.3 is 5.97 Å². The van der Waals surface area contributed by atoms with Gasteiger partial charge in [0.2, 0.25) is 0 Å². The Bertz CT molecular complexity index is 1400. The minimum absolute atomic E-state index is 0.201. The summed E-state index contributed by atoms with van der Waals surface area (Å²) in [5.74, 6) is 1.14. The third kappa shape index (κ3) is 4.31. The van der Waals surface area contributed by atoms with Crippen LogP contribution in [0.4, 0.5) is 0 Å². The fourth-order valence-electron chi connectivity index (χ4n) is 3.97. The van der Waals surface area contributed by atoms with Crippen molar-refractivity contribution in [3.8, 4) is 11.5 Å². The molecule has 1 aliphatic heterocycles. The number of methoxy groups -OCH3 is 2. The molecule has 0 unspecified atom stereocenters. The molecule has 9 heteroatoms. The van der Waals surface area contributed by atoms with E-state index in [-0.39, 0.29) is 12.2 Å². The van der Waals surface area contributed by atoms with Crippen LogP contribution in [-0.4, -0.2) is 31.4 Å². The number of benzene rings is 1. The average molecular weight is 483 g/mol. The van der Waals surface area contributed by atoms with Crippen molar-refractivity contribution in [1.82, 2.24) is 4.57 Å². The maximum Gasteiger partial charge on any atom is 0.338 e. The molecular weight excluding hydrogens is 456 g/mol. The second-order valence-electron chi connectivity index (χ2n) is 7.54. The summed E-state index contributed by atoms with van der Waals surface area (Å²) in [5.41, 5.74) is 1.25. The normalized spacial score (nSPS) is 15.6. The third-order valence-electron chi connectivity index (χ3n) is 5.44. The van der Waals surface area contributed by atoms with Crippen molar-refractivity contribution in [1.29, 1.82) is 0 Å². The third-order valence-corrected chi connectivity index (χ3v) is 6.42. The minimum atomic E-state index is -0.791. The summed E-state index contributed by atoms with van der Waals surface area (Å²) in [7, 11) is 3.11. The van der Waals surface area contributed by atoms with Crippen molar-refractivity contribution in [3.05, 3.63) is 78.9 Å². The predicted molar refractivity (Wildman–Crippen MR) is 128 cm³/mol. The number of nitrogens with zero attached hydrogens (tertiary/aromatic N) is 2. The van der Waals surface area contributed by atoms with E-state index in [4.69, 9.17) is 23.6 Å². The molecule has 0 amide bonds. The van der Waals surface area contributed by atoms with Crippen LogP contribution in [0.3, 0.4) is 0 Å². The number of carbonyl (C=O) groups excluding carboxylic acids is 1. The van der Waals surface area contributed by atoms with Crippen molar-refractivity contribution in [3.63, 3.8) is 0 Å². The Morgan fingerprint density at radius 1 is 1.24 bits per heavy atom. The number of rotatable bonds is 8. The number of ether oxygens (including phenoxy) is 3.